The highest BCUT2D eigenvalue weighted by molar-refractivity contribution is 5.93. The summed E-state index contributed by atoms with van der Waals surface area (Å²) in [6.07, 6.45) is 3.23. The number of fused-ring (bicyclic) bond motifs is 1. The van der Waals surface area contributed by atoms with Crippen LogP contribution in [0.4, 0.5) is 0 Å². The lowest BCUT2D eigenvalue weighted by atomic mass is 10.00. The van der Waals surface area contributed by atoms with E-state index in [4.69, 9.17) is 0 Å². The van der Waals surface area contributed by atoms with Crippen LogP contribution in [-0.4, -0.2) is 18.4 Å². The number of hydrogen-bond donors (Lipinski definition) is 2. The second kappa shape index (κ2) is 2.08. The Morgan fingerprint density at radius 3 is 3.18 bits per heavy atom. The van der Waals surface area contributed by atoms with Gasteiger partial charge in [-0.15, -0.1) is 0 Å². The van der Waals surface area contributed by atoms with Gasteiger partial charge in [-0.05, 0) is 18.7 Å². The zero-order valence-electron chi connectivity index (χ0n) is 6.16. The molecule has 0 saturated carbocycles. The number of nitrogens with one attached hydrogen (secondary N) is 2. The number of nitrogens with zero attached hydrogens (tertiary/aromatic N) is 1. The second-order valence-electron chi connectivity index (χ2n) is 2.76. The molecule has 2 N–H and O–H groups in total. The Kier molecular flexibility index (Phi) is 1.21. The summed E-state index contributed by atoms with van der Waals surface area (Å²) in [5, 5.41) is 5.59. The van der Waals surface area contributed by atoms with Gasteiger partial charge in [0.05, 0.1) is 6.34 Å². The van der Waals surface area contributed by atoms with Crippen molar-refractivity contribution in [2.24, 2.45) is 10.9 Å². The summed E-state index contributed by atoms with van der Waals surface area (Å²) in [6.45, 7) is 1.93. The second-order valence-corrected chi connectivity index (χ2v) is 2.76. The van der Waals surface area contributed by atoms with Crippen molar-refractivity contribution >= 4 is 12.2 Å². The molecule has 2 rings (SSSR count). The third-order valence-corrected chi connectivity index (χ3v) is 2.01. The van der Waals surface area contributed by atoms with Crippen molar-refractivity contribution in [3.8, 4) is 0 Å². The molecule has 0 spiro atoms. The van der Waals surface area contributed by atoms with Crippen LogP contribution in [0.15, 0.2) is 16.8 Å². The van der Waals surface area contributed by atoms with Gasteiger partial charge in [-0.1, -0.05) is 0 Å². The molecule has 0 aromatic heterocycles. The SMILES string of the molecule is CC1=CN[C@@H]2N=CNC(=O)[C@@H]12. The zero-order valence-corrected chi connectivity index (χ0v) is 6.16. The van der Waals surface area contributed by atoms with Gasteiger partial charge < -0.3 is 10.6 Å². The van der Waals surface area contributed by atoms with Crippen LogP contribution < -0.4 is 10.6 Å². The summed E-state index contributed by atoms with van der Waals surface area (Å²) >= 11 is 0. The first-order valence-electron chi connectivity index (χ1n) is 3.54. The first-order chi connectivity index (χ1) is 5.29. The van der Waals surface area contributed by atoms with Gasteiger partial charge in [-0.2, -0.15) is 0 Å². The van der Waals surface area contributed by atoms with E-state index >= 15 is 0 Å². The van der Waals surface area contributed by atoms with E-state index in [0.717, 1.165) is 5.57 Å². The molecule has 0 aromatic rings. The molecule has 0 unspecified atom stereocenters. The molecule has 4 nitrogen and oxygen atoms in total. The highest BCUT2D eigenvalue weighted by Gasteiger charge is 2.34. The lowest BCUT2D eigenvalue weighted by Gasteiger charge is -2.20. The maximum atomic E-state index is 11.2. The minimum atomic E-state index is -0.0972. The van der Waals surface area contributed by atoms with Crippen molar-refractivity contribution in [3.63, 3.8) is 0 Å². The Bertz CT molecular complexity index is 256. The smallest absolute Gasteiger partial charge is 0.236 e. The van der Waals surface area contributed by atoms with Gasteiger partial charge in [0.2, 0.25) is 5.91 Å². The molecule has 4 heteroatoms. The van der Waals surface area contributed by atoms with Gasteiger partial charge in [0.15, 0.2) is 0 Å². The predicted molar refractivity (Wildman–Crippen MR) is 40.8 cm³/mol. The summed E-state index contributed by atoms with van der Waals surface area (Å²) < 4.78 is 0. The van der Waals surface area contributed by atoms with Crippen molar-refractivity contribution in [2.75, 3.05) is 0 Å². The third-order valence-electron chi connectivity index (χ3n) is 2.01. The highest BCUT2D eigenvalue weighted by Crippen LogP contribution is 2.22. The average Bonchev–Trinajstić information content (AvgIpc) is 2.34. The maximum Gasteiger partial charge on any atom is 0.236 e. The molecule has 0 aromatic carbocycles. The summed E-state index contributed by atoms with van der Waals surface area (Å²) in [4.78, 5) is 15.3. The molecule has 2 atom stereocenters. The summed E-state index contributed by atoms with van der Waals surface area (Å²) in [6, 6.07) is 0. The molecular weight excluding hydrogens is 142 g/mol. The first kappa shape index (κ1) is 6.39. The molecule has 0 fully saturated rings. The van der Waals surface area contributed by atoms with E-state index in [1.54, 1.807) is 0 Å². The largest absolute Gasteiger partial charge is 0.369 e. The van der Waals surface area contributed by atoms with E-state index in [9.17, 15) is 4.79 Å². The van der Waals surface area contributed by atoms with Crippen LogP contribution in [0, 0.1) is 5.92 Å². The minimum absolute atomic E-state index is 0.0313. The van der Waals surface area contributed by atoms with E-state index in [0.29, 0.717) is 0 Å². The van der Waals surface area contributed by atoms with E-state index in [-0.39, 0.29) is 18.0 Å². The van der Waals surface area contributed by atoms with Gasteiger partial charge in [0.25, 0.3) is 0 Å². The van der Waals surface area contributed by atoms with E-state index in [2.05, 4.69) is 15.6 Å². The monoisotopic (exact) mass is 151 g/mol. The normalized spacial score (nSPS) is 33.9. The van der Waals surface area contributed by atoms with Crippen LogP contribution in [-0.2, 0) is 4.79 Å². The first-order valence-corrected chi connectivity index (χ1v) is 3.54. The van der Waals surface area contributed by atoms with Gasteiger partial charge in [0.1, 0.15) is 12.1 Å². The van der Waals surface area contributed by atoms with Crippen LogP contribution in [0.3, 0.4) is 0 Å². The number of carbonyl (C=O) groups is 1. The van der Waals surface area contributed by atoms with Crippen molar-refractivity contribution in [2.45, 2.75) is 13.1 Å². The molecule has 0 saturated heterocycles. The summed E-state index contributed by atoms with van der Waals surface area (Å²) in [7, 11) is 0. The molecule has 0 bridgehead atoms. The average molecular weight is 151 g/mol. The van der Waals surface area contributed by atoms with Crippen molar-refractivity contribution in [1.82, 2.24) is 10.6 Å². The van der Waals surface area contributed by atoms with Gasteiger partial charge in [0, 0.05) is 0 Å². The van der Waals surface area contributed by atoms with Crippen LogP contribution in [0.2, 0.25) is 0 Å². The van der Waals surface area contributed by atoms with Crippen LogP contribution in [0.5, 0.6) is 0 Å². The van der Waals surface area contributed by atoms with Crippen molar-refractivity contribution in [3.05, 3.63) is 11.8 Å². The number of carbonyl (C=O) groups excluding carboxylic acids is 1. The van der Waals surface area contributed by atoms with E-state index < -0.39 is 0 Å². The molecule has 0 radical (unpaired) electrons. The minimum Gasteiger partial charge on any atom is -0.369 e. The standard InChI is InChI=1S/C7H9N3O/c1-4-2-8-6-5(4)7(11)10-3-9-6/h2-3,5-6,8H,1H3,(H,9,10,11)/t5-,6+/m0/s1. The lowest BCUT2D eigenvalue weighted by molar-refractivity contribution is -0.123. The Balaban J connectivity index is 2.31. The fourth-order valence-electron chi connectivity index (χ4n) is 1.40. The summed E-state index contributed by atoms with van der Waals surface area (Å²) in [5.74, 6) is -0.0660. The molecule has 1 amide bonds. The van der Waals surface area contributed by atoms with E-state index in [1.165, 1.54) is 6.34 Å². The van der Waals surface area contributed by atoms with Gasteiger partial charge >= 0.3 is 0 Å². The van der Waals surface area contributed by atoms with E-state index in [1.807, 2.05) is 13.1 Å². The zero-order chi connectivity index (χ0) is 7.84. The van der Waals surface area contributed by atoms with Crippen molar-refractivity contribution < 1.29 is 4.79 Å². The molecule has 2 aliphatic heterocycles. The summed E-state index contributed by atoms with van der Waals surface area (Å²) in [5.41, 5.74) is 1.05. The predicted octanol–water partition coefficient (Wildman–Crippen LogP) is -0.406. The molecule has 2 aliphatic rings. The molecule has 0 aliphatic carbocycles. The Hall–Kier alpha value is -1.32. The number of amides is 1. The Morgan fingerprint density at radius 2 is 2.45 bits per heavy atom. The Labute approximate surface area is 64.4 Å². The molecule has 11 heavy (non-hydrogen) atoms. The number of rotatable bonds is 0. The van der Waals surface area contributed by atoms with Gasteiger partial charge in [-0.25, -0.2) is 4.99 Å². The molecule has 58 valence electrons. The quantitative estimate of drug-likeness (QED) is 0.494. The topological polar surface area (TPSA) is 53.5 Å². The molecular formula is C7H9N3O. The molecule has 2 heterocycles. The number of aliphatic imine (C=N–C) groups is 1. The van der Waals surface area contributed by atoms with Gasteiger partial charge in [-0.3, -0.25) is 4.79 Å². The Morgan fingerprint density at radius 1 is 1.64 bits per heavy atom. The fraction of sp³-hybridized carbons (Fsp3) is 0.429. The number of hydrogen-bond acceptors (Lipinski definition) is 3. The van der Waals surface area contributed by atoms with Crippen LogP contribution in [0.25, 0.3) is 0 Å². The fourth-order valence-corrected chi connectivity index (χ4v) is 1.40. The van der Waals surface area contributed by atoms with Crippen LogP contribution >= 0.6 is 0 Å². The van der Waals surface area contributed by atoms with Crippen LogP contribution in [0.1, 0.15) is 6.92 Å². The maximum absolute atomic E-state index is 11.2. The third kappa shape index (κ3) is 0.824. The highest BCUT2D eigenvalue weighted by atomic mass is 16.2. The van der Waals surface area contributed by atoms with Crippen molar-refractivity contribution in [1.29, 1.82) is 0 Å². The lowest BCUT2D eigenvalue weighted by Crippen LogP contribution is -2.42.